The Morgan fingerprint density at radius 1 is 1.37 bits per heavy atom. The van der Waals surface area contributed by atoms with Crippen molar-refractivity contribution in [3.8, 4) is 5.75 Å². The molecule has 1 unspecified atom stereocenters. The number of aryl methyl sites for hydroxylation is 1. The normalized spacial score (nSPS) is 18.9. The highest BCUT2D eigenvalue weighted by molar-refractivity contribution is 9.09. The molecule has 1 aromatic rings. The smallest absolute Gasteiger partial charge is 0.222 e. The number of carbonyl (C=O) groups excluding carboxylic acids is 1. The molecule has 2 rings (SSSR count). The molecule has 1 atom stereocenters. The van der Waals surface area contributed by atoms with Crippen LogP contribution < -0.4 is 4.74 Å². The van der Waals surface area contributed by atoms with Crippen molar-refractivity contribution < 1.29 is 9.53 Å². The second-order valence-electron chi connectivity index (χ2n) is 5.02. The first kappa shape index (κ1) is 14.4. The van der Waals surface area contributed by atoms with Gasteiger partial charge < -0.3 is 9.64 Å². The maximum atomic E-state index is 11.8. The van der Waals surface area contributed by atoms with Gasteiger partial charge in [-0.05, 0) is 36.5 Å². The van der Waals surface area contributed by atoms with Gasteiger partial charge in [-0.15, -0.1) is 0 Å². The van der Waals surface area contributed by atoms with Gasteiger partial charge in [-0.25, -0.2) is 0 Å². The average Bonchev–Trinajstić information content (AvgIpc) is 2.80. The Kier molecular flexibility index (Phi) is 5.25. The van der Waals surface area contributed by atoms with E-state index in [0.29, 0.717) is 18.2 Å². The van der Waals surface area contributed by atoms with Crippen molar-refractivity contribution in [1.29, 1.82) is 0 Å². The summed E-state index contributed by atoms with van der Waals surface area (Å²) < 4.78 is 5.14. The van der Waals surface area contributed by atoms with E-state index in [4.69, 9.17) is 4.74 Å². The van der Waals surface area contributed by atoms with Crippen LogP contribution >= 0.6 is 15.9 Å². The molecule has 1 fully saturated rings. The number of methoxy groups -OCH3 is 1. The van der Waals surface area contributed by atoms with E-state index in [1.807, 2.05) is 17.0 Å². The molecule has 1 heterocycles. The van der Waals surface area contributed by atoms with Crippen molar-refractivity contribution in [3.05, 3.63) is 29.8 Å². The van der Waals surface area contributed by atoms with E-state index >= 15 is 0 Å². The van der Waals surface area contributed by atoms with Crippen LogP contribution in [0.3, 0.4) is 0 Å². The highest BCUT2D eigenvalue weighted by atomic mass is 79.9. The molecule has 1 aliphatic heterocycles. The Hall–Kier alpha value is -1.03. The molecule has 1 aliphatic rings. The number of ether oxygens (including phenoxy) is 1. The average molecular weight is 326 g/mol. The summed E-state index contributed by atoms with van der Waals surface area (Å²) in [5.41, 5.74) is 1.30. The lowest BCUT2D eigenvalue weighted by Gasteiger charge is -2.16. The standard InChI is InChI=1S/C15H20BrNO2/c1-19-14-6-4-12(5-7-14)3-2-8-17-11-13(10-16)9-15(17)18/h4-7,13H,2-3,8-11H2,1H3. The minimum absolute atomic E-state index is 0.305. The topological polar surface area (TPSA) is 29.5 Å². The molecule has 4 heteroatoms. The highest BCUT2D eigenvalue weighted by Crippen LogP contribution is 2.20. The van der Waals surface area contributed by atoms with Crippen molar-refractivity contribution >= 4 is 21.8 Å². The Morgan fingerprint density at radius 3 is 2.68 bits per heavy atom. The first-order valence-electron chi connectivity index (χ1n) is 6.69. The van der Waals surface area contributed by atoms with Crippen LogP contribution in [0.1, 0.15) is 18.4 Å². The van der Waals surface area contributed by atoms with Gasteiger partial charge in [-0.1, -0.05) is 28.1 Å². The summed E-state index contributed by atoms with van der Waals surface area (Å²) in [4.78, 5) is 13.8. The van der Waals surface area contributed by atoms with E-state index in [1.54, 1.807) is 7.11 Å². The van der Waals surface area contributed by atoms with E-state index in [9.17, 15) is 4.79 Å². The van der Waals surface area contributed by atoms with Crippen LogP contribution in [-0.2, 0) is 11.2 Å². The first-order chi connectivity index (χ1) is 9.22. The van der Waals surface area contributed by atoms with Crippen molar-refractivity contribution in [2.75, 3.05) is 25.5 Å². The van der Waals surface area contributed by atoms with Gasteiger partial charge in [0.05, 0.1) is 7.11 Å². The number of carbonyl (C=O) groups is 1. The van der Waals surface area contributed by atoms with Gasteiger partial charge in [0.25, 0.3) is 0 Å². The van der Waals surface area contributed by atoms with E-state index in [2.05, 4.69) is 28.1 Å². The Morgan fingerprint density at radius 2 is 2.11 bits per heavy atom. The van der Waals surface area contributed by atoms with Crippen LogP contribution in [0.25, 0.3) is 0 Å². The number of amides is 1. The van der Waals surface area contributed by atoms with E-state index in [-0.39, 0.29) is 0 Å². The minimum Gasteiger partial charge on any atom is -0.497 e. The number of hydrogen-bond donors (Lipinski definition) is 0. The van der Waals surface area contributed by atoms with E-state index in [0.717, 1.165) is 37.0 Å². The molecule has 0 aromatic heterocycles. The molecule has 104 valence electrons. The SMILES string of the molecule is COc1ccc(CCCN2CC(CBr)CC2=O)cc1. The third-order valence-electron chi connectivity index (χ3n) is 3.57. The summed E-state index contributed by atoms with van der Waals surface area (Å²) in [6.45, 7) is 1.78. The summed E-state index contributed by atoms with van der Waals surface area (Å²) in [6, 6.07) is 8.15. The summed E-state index contributed by atoms with van der Waals surface area (Å²) >= 11 is 3.46. The zero-order valence-corrected chi connectivity index (χ0v) is 12.9. The number of alkyl halides is 1. The molecule has 0 N–H and O–H groups in total. The lowest BCUT2D eigenvalue weighted by Crippen LogP contribution is -2.26. The van der Waals surface area contributed by atoms with E-state index < -0.39 is 0 Å². The fourth-order valence-corrected chi connectivity index (χ4v) is 2.87. The molecule has 0 radical (unpaired) electrons. The minimum atomic E-state index is 0.305. The van der Waals surface area contributed by atoms with E-state index in [1.165, 1.54) is 5.56 Å². The fourth-order valence-electron chi connectivity index (χ4n) is 2.44. The zero-order valence-electron chi connectivity index (χ0n) is 11.3. The summed E-state index contributed by atoms with van der Waals surface area (Å²) in [5.74, 6) is 1.69. The Bertz CT molecular complexity index is 419. The van der Waals surface area contributed by atoms with Crippen LogP contribution in [0.15, 0.2) is 24.3 Å². The van der Waals surface area contributed by atoms with Gasteiger partial charge in [0, 0.05) is 24.8 Å². The predicted octanol–water partition coefficient (Wildman–Crippen LogP) is 2.87. The van der Waals surface area contributed by atoms with Gasteiger partial charge in [-0.2, -0.15) is 0 Å². The molecule has 0 bridgehead atoms. The van der Waals surface area contributed by atoms with Crippen LogP contribution in [0, 0.1) is 5.92 Å². The largest absolute Gasteiger partial charge is 0.497 e. The quantitative estimate of drug-likeness (QED) is 0.753. The van der Waals surface area contributed by atoms with Crippen LogP contribution in [0.5, 0.6) is 5.75 Å². The molecular weight excluding hydrogens is 306 g/mol. The first-order valence-corrected chi connectivity index (χ1v) is 7.81. The number of benzene rings is 1. The zero-order chi connectivity index (χ0) is 13.7. The molecule has 1 aromatic carbocycles. The van der Waals surface area contributed by atoms with Crippen molar-refractivity contribution in [1.82, 2.24) is 4.90 Å². The van der Waals surface area contributed by atoms with Crippen molar-refractivity contribution in [3.63, 3.8) is 0 Å². The number of likely N-dealkylation sites (tertiary alicyclic amines) is 1. The van der Waals surface area contributed by atoms with Gasteiger partial charge in [0.15, 0.2) is 0 Å². The number of rotatable bonds is 6. The summed E-state index contributed by atoms with van der Waals surface area (Å²) in [7, 11) is 1.67. The van der Waals surface area contributed by atoms with Crippen LogP contribution in [0.2, 0.25) is 0 Å². The number of hydrogen-bond acceptors (Lipinski definition) is 2. The fraction of sp³-hybridized carbons (Fsp3) is 0.533. The molecule has 0 aliphatic carbocycles. The molecular formula is C15H20BrNO2. The molecule has 1 amide bonds. The molecule has 3 nitrogen and oxygen atoms in total. The van der Waals surface area contributed by atoms with Crippen LogP contribution in [0.4, 0.5) is 0 Å². The predicted molar refractivity (Wildman–Crippen MR) is 79.8 cm³/mol. The lowest BCUT2D eigenvalue weighted by atomic mass is 10.1. The van der Waals surface area contributed by atoms with Gasteiger partial charge in [-0.3, -0.25) is 4.79 Å². The van der Waals surface area contributed by atoms with Gasteiger partial charge >= 0.3 is 0 Å². The maximum Gasteiger partial charge on any atom is 0.222 e. The molecule has 0 spiro atoms. The highest BCUT2D eigenvalue weighted by Gasteiger charge is 2.27. The third kappa shape index (κ3) is 3.96. The summed E-state index contributed by atoms with van der Waals surface area (Å²) in [6.07, 6.45) is 2.73. The van der Waals surface area contributed by atoms with Crippen molar-refractivity contribution in [2.45, 2.75) is 19.3 Å². The second-order valence-corrected chi connectivity index (χ2v) is 5.66. The maximum absolute atomic E-state index is 11.8. The monoisotopic (exact) mass is 325 g/mol. The third-order valence-corrected chi connectivity index (χ3v) is 4.48. The second kappa shape index (κ2) is 6.94. The Balaban J connectivity index is 1.75. The van der Waals surface area contributed by atoms with Gasteiger partial charge in [0.2, 0.25) is 5.91 Å². The Labute approximate surface area is 123 Å². The van der Waals surface area contributed by atoms with Crippen LogP contribution in [-0.4, -0.2) is 36.3 Å². The molecule has 1 saturated heterocycles. The summed E-state index contributed by atoms with van der Waals surface area (Å²) in [5, 5.41) is 0.924. The molecule has 0 saturated carbocycles. The number of nitrogens with zero attached hydrogens (tertiary/aromatic N) is 1. The van der Waals surface area contributed by atoms with Gasteiger partial charge in [0.1, 0.15) is 5.75 Å². The lowest BCUT2D eigenvalue weighted by molar-refractivity contribution is -0.127. The van der Waals surface area contributed by atoms with Crippen molar-refractivity contribution in [2.24, 2.45) is 5.92 Å². The number of halogens is 1. The molecule has 19 heavy (non-hydrogen) atoms.